The fourth-order valence-electron chi connectivity index (χ4n) is 5.80. The molecule has 0 saturated carbocycles. The molecule has 2 N–H and O–H groups in total. The number of aryl methyl sites for hydroxylation is 2. The Morgan fingerprint density at radius 1 is 0.600 bits per heavy atom. The fourth-order valence-corrected chi connectivity index (χ4v) is 5.80. The van der Waals surface area contributed by atoms with Gasteiger partial charge >= 0.3 is 0 Å². The van der Waals surface area contributed by atoms with Crippen molar-refractivity contribution in [1.82, 2.24) is 19.9 Å². The Kier molecular flexibility index (Phi) is 6.54. The van der Waals surface area contributed by atoms with Crippen LogP contribution < -0.4 is 9.47 Å². The minimum absolute atomic E-state index is 0.630. The number of ether oxygens (including phenoxy) is 2. The molecule has 0 aliphatic rings. The van der Waals surface area contributed by atoms with E-state index in [4.69, 9.17) is 19.4 Å². The molecule has 0 radical (unpaired) electrons. The lowest BCUT2D eigenvalue weighted by Crippen LogP contribution is -2.06. The molecule has 0 aliphatic heterocycles. The number of hydrogen-bond acceptors (Lipinski definition) is 4. The molecule has 2 heterocycles. The van der Waals surface area contributed by atoms with Crippen LogP contribution in [0.5, 0.6) is 11.5 Å². The van der Waals surface area contributed by atoms with E-state index in [1.165, 1.54) is 22.3 Å². The van der Waals surface area contributed by atoms with Crippen LogP contribution in [-0.2, 0) is 12.8 Å². The second-order valence-electron chi connectivity index (χ2n) is 10.5. The van der Waals surface area contributed by atoms with Crippen LogP contribution in [0.1, 0.15) is 45.0 Å². The number of hydrogen-bond donors (Lipinski definition) is 2. The highest BCUT2D eigenvalue weighted by molar-refractivity contribution is 5.85. The van der Waals surface area contributed by atoms with Crippen LogP contribution >= 0.6 is 0 Å². The van der Waals surface area contributed by atoms with Gasteiger partial charge in [0.05, 0.1) is 36.3 Å². The molecule has 0 aliphatic carbocycles. The van der Waals surface area contributed by atoms with Gasteiger partial charge in [-0.15, -0.1) is 0 Å². The highest BCUT2D eigenvalue weighted by atomic mass is 16.5. The number of nitrogens with zero attached hydrogens (tertiary/aromatic N) is 2. The predicted molar refractivity (Wildman–Crippen MR) is 162 cm³/mol. The maximum absolute atomic E-state index is 6.19. The van der Waals surface area contributed by atoms with Crippen LogP contribution in [-0.4, -0.2) is 34.2 Å². The highest BCUT2D eigenvalue weighted by Crippen LogP contribution is 2.47. The van der Waals surface area contributed by atoms with E-state index >= 15 is 0 Å². The lowest BCUT2D eigenvalue weighted by Gasteiger charge is -2.24. The first-order valence-electron chi connectivity index (χ1n) is 13.6. The Bertz CT molecular complexity index is 1680. The Hall–Kier alpha value is -4.58. The summed E-state index contributed by atoms with van der Waals surface area (Å²) in [7, 11) is 3.51. The number of methoxy groups -OCH3 is 2. The van der Waals surface area contributed by atoms with Crippen molar-refractivity contribution in [3.05, 3.63) is 106 Å². The minimum atomic E-state index is 0.630. The molecule has 40 heavy (non-hydrogen) atoms. The standard InChI is InChI=1S/C34H34N4O2/c1-19-15-23(17-29-35-25-11-7-8-12-26(25)36-29)33(39-5)31(21(19)3)32-22(4)20(2)16-24(34(32)40-6)18-30-37-27-13-9-10-14-28(27)38-30/h7-16H,17-18H2,1-6H3,(H,35,36)(H,37,38). The summed E-state index contributed by atoms with van der Waals surface area (Å²) >= 11 is 0. The molecular weight excluding hydrogens is 496 g/mol. The average molecular weight is 531 g/mol. The summed E-state index contributed by atoms with van der Waals surface area (Å²) in [6.45, 7) is 8.65. The average Bonchev–Trinajstić information content (AvgIpc) is 3.55. The number of para-hydroxylation sites is 4. The number of aromatic nitrogens is 4. The van der Waals surface area contributed by atoms with E-state index in [1.807, 2.05) is 36.4 Å². The number of H-pyrrole nitrogens is 2. The Morgan fingerprint density at radius 2 is 1.00 bits per heavy atom. The van der Waals surface area contributed by atoms with E-state index in [-0.39, 0.29) is 0 Å². The van der Waals surface area contributed by atoms with Gasteiger partial charge in [0.25, 0.3) is 0 Å². The van der Waals surface area contributed by atoms with Gasteiger partial charge < -0.3 is 19.4 Å². The zero-order valence-electron chi connectivity index (χ0n) is 23.9. The first-order chi connectivity index (χ1) is 19.4. The number of imidazole rings is 2. The van der Waals surface area contributed by atoms with Gasteiger partial charge in [-0.05, 0) is 74.2 Å². The van der Waals surface area contributed by atoms with Crippen LogP contribution in [0.25, 0.3) is 33.2 Å². The second kappa shape index (κ2) is 10.2. The summed E-state index contributed by atoms with van der Waals surface area (Å²) < 4.78 is 12.4. The second-order valence-corrected chi connectivity index (χ2v) is 10.5. The molecule has 6 heteroatoms. The normalized spacial score (nSPS) is 11.4. The molecule has 0 atom stereocenters. The zero-order chi connectivity index (χ0) is 28.0. The van der Waals surface area contributed by atoms with Gasteiger partial charge in [0.2, 0.25) is 0 Å². The van der Waals surface area contributed by atoms with Crippen LogP contribution in [0, 0.1) is 27.7 Å². The van der Waals surface area contributed by atoms with Gasteiger partial charge in [-0.1, -0.05) is 36.4 Å². The molecule has 0 fully saturated rings. The Labute approximate surface area is 234 Å². The molecule has 0 bridgehead atoms. The van der Waals surface area contributed by atoms with Crippen molar-refractivity contribution in [3.63, 3.8) is 0 Å². The molecule has 0 amide bonds. The van der Waals surface area contributed by atoms with E-state index < -0.39 is 0 Å². The van der Waals surface area contributed by atoms with Crippen molar-refractivity contribution in [1.29, 1.82) is 0 Å². The van der Waals surface area contributed by atoms with Gasteiger partial charge in [0.1, 0.15) is 23.1 Å². The number of rotatable bonds is 7. The summed E-state index contributed by atoms with van der Waals surface area (Å²) in [5, 5.41) is 0. The van der Waals surface area contributed by atoms with Gasteiger partial charge in [0.15, 0.2) is 0 Å². The third-order valence-corrected chi connectivity index (χ3v) is 8.00. The molecule has 6 aromatic rings. The van der Waals surface area contributed by atoms with E-state index in [0.717, 1.165) is 67.5 Å². The highest BCUT2D eigenvalue weighted by Gasteiger charge is 2.25. The lowest BCUT2D eigenvalue weighted by molar-refractivity contribution is 0.405. The molecule has 0 spiro atoms. The summed E-state index contributed by atoms with van der Waals surface area (Å²) in [5.74, 6) is 3.52. The van der Waals surface area contributed by atoms with Crippen molar-refractivity contribution >= 4 is 22.1 Å². The summed E-state index contributed by atoms with van der Waals surface area (Å²) in [4.78, 5) is 16.6. The predicted octanol–water partition coefficient (Wildman–Crippen LogP) is 7.54. The van der Waals surface area contributed by atoms with Crippen LogP contribution in [0.2, 0.25) is 0 Å². The topological polar surface area (TPSA) is 75.8 Å². The van der Waals surface area contributed by atoms with Gasteiger partial charge in [-0.3, -0.25) is 0 Å². The molecule has 6 rings (SSSR count). The van der Waals surface area contributed by atoms with Gasteiger partial charge in [0, 0.05) is 35.1 Å². The largest absolute Gasteiger partial charge is 0.496 e. The SMILES string of the molecule is COc1c(Cc2nc3ccccc3[nH]2)cc(C)c(C)c1-c1c(C)c(C)cc(Cc2nc3ccccc3[nH]2)c1OC. The number of fused-ring (bicyclic) bond motifs is 2. The maximum Gasteiger partial charge on any atom is 0.130 e. The fraction of sp³-hybridized carbons (Fsp3) is 0.235. The van der Waals surface area contributed by atoms with Gasteiger partial charge in [-0.2, -0.15) is 0 Å². The molecule has 2 aromatic heterocycles. The molecule has 4 aromatic carbocycles. The Balaban J connectivity index is 1.51. The van der Waals surface area contributed by atoms with E-state index in [0.29, 0.717) is 12.8 Å². The van der Waals surface area contributed by atoms with Crippen molar-refractivity contribution in [2.24, 2.45) is 0 Å². The maximum atomic E-state index is 6.19. The summed E-state index contributed by atoms with van der Waals surface area (Å²) in [5.41, 5.74) is 13.0. The molecular formula is C34H34N4O2. The third-order valence-electron chi connectivity index (χ3n) is 8.00. The molecule has 6 nitrogen and oxygen atoms in total. The monoisotopic (exact) mass is 530 g/mol. The van der Waals surface area contributed by atoms with E-state index in [2.05, 4.69) is 61.9 Å². The molecule has 202 valence electrons. The number of benzene rings is 4. The van der Waals surface area contributed by atoms with E-state index in [9.17, 15) is 0 Å². The van der Waals surface area contributed by atoms with Crippen molar-refractivity contribution in [2.75, 3.05) is 14.2 Å². The minimum Gasteiger partial charge on any atom is -0.496 e. The summed E-state index contributed by atoms with van der Waals surface area (Å²) in [6.07, 6.45) is 1.26. The van der Waals surface area contributed by atoms with E-state index in [1.54, 1.807) is 14.2 Å². The third kappa shape index (κ3) is 4.39. The lowest BCUT2D eigenvalue weighted by atomic mass is 9.86. The number of nitrogens with one attached hydrogen (secondary N) is 2. The van der Waals surface area contributed by atoms with Crippen molar-refractivity contribution in [2.45, 2.75) is 40.5 Å². The summed E-state index contributed by atoms with van der Waals surface area (Å²) in [6, 6.07) is 20.7. The molecule has 0 unspecified atom stereocenters. The van der Waals surface area contributed by atoms with Gasteiger partial charge in [-0.25, -0.2) is 9.97 Å². The van der Waals surface area contributed by atoms with Crippen LogP contribution in [0.3, 0.4) is 0 Å². The van der Waals surface area contributed by atoms with Crippen molar-refractivity contribution in [3.8, 4) is 22.6 Å². The van der Waals surface area contributed by atoms with Crippen molar-refractivity contribution < 1.29 is 9.47 Å². The van der Waals surface area contributed by atoms with Crippen LogP contribution in [0.15, 0.2) is 60.7 Å². The molecule has 0 saturated heterocycles. The first-order valence-corrected chi connectivity index (χ1v) is 13.6. The van der Waals surface area contributed by atoms with Crippen LogP contribution in [0.4, 0.5) is 0 Å². The quantitative estimate of drug-likeness (QED) is 0.224. The first kappa shape index (κ1) is 25.7. The number of aromatic amines is 2. The Morgan fingerprint density at radius 3 is 1.38 bits per heavy atom. The smallest absolute Gasteiger partial charge is 0.130 e. The zero-order valence-corrected chi connectivity index (χ0v) is 23.9.